The van der Waals surface area contributed by atoms with Crippen molar-refractivity contribution in [3.8, 4) is 0 Å². The highest BCUT2D eigenvalue weighted by Crippen LogP contribution is 2.05. The highest BCUT2D eigenvalue weighted by Gasteiger charge is 2.15. The Balaban J connectivity index is 4.73. The lowest BCUT2D eigenvalue weighted by atomic mass is 9.96. The molecule has 0 aliphatic heterocycles. The summed E-state index contributed by atoms with van der Waals surface area (Å²) in [6, 6.07) is 0. The normalized spacial score (nSPS) is 14.5. The van der Waals surface area contributed by atoms with Crippen molar-refractivity contribution in [2.24, 2.45) is 33.7 Å². The second-order valence-electron chi connectivity index (χ2n) is 3.34. The molecule has 4 N–H and O–H groups in total. The molecule has 0 rings (SSSR count). The molecular formula is C8H18N4. The fourth-order valence-corrected chi connectivity index (χ4v) is 1.02. The van der Waals surface area contributed by atoms with Crippen LogP contribution in [0.3, 0.4) is 0 Å². The van der Waals surface area contributed by atoms with Crippen molar-refractivity contribution in [2.45, 2.75) is 27.7 Å². The Morgan fingerprint density at radius 2 is 1.08 bits per heavy atom. The van der Waals surface area contributed by atoms with Crippen LogP contribution in [-0.4, -0.2) is 11.4 Å². The van der Waals surface area contributed by atoms with E-state index in [0.29, 0.717) is 0 Å². The maximum atomic E-state index is 5.24. The second-order valence-corrected chi connectivity index (χ2v) is 3.34. The number of hydrogen-bond donors (Lipinski definition) is 2. The highest BCUT2D eigenvalue weighted by atomic mass is 15.2. The van der Waals surface area contributed by atoms with Gasteiger partial charge in [-0.15, -0.1) is 0 Å². The summed E-state index contributed by atoms with van der Waals surface area (Å²) in [5.41, 5.74) is 1.57. The van der Waals surface area contributed by atoms with Crippen LogP contribution < -0.4 is 11.7 Å². The number of nitrogens with zero attached hydrogens (tertiary/aromatic N) is 2. The summed E-state index contributed by atoms with van der Waals surface area (Å²) < 4.78 is 0. The second kappa shape index (κ2) is 4.74. The Kier molecular flexibility index (Phi) is 4.33. The number of hydrogen-bond acceptors (Lipinski definition) is 4. The fraction of sp³-hybridized carbons (Fsp3) is 0.750. The van der Waals surface area contributed by atoms with Crippen LogP contribution in [0, 0.1) is 11.8 Å². The van der Waals surface area contributed by atoms with Gasteiger partial charge in [0.15, 0.2) is 0 Å². The van der Waals surface area contributed by atoms with E-state index >= 15 is 0 Å². The molecule has 0 bridgehead atoms. The van der Waals surface area contributed by atoms with E-state index in [9.17, 15) is 0 Å². The van der Waals surface area contributed by atoms with Crippen molar-refractivity contribution < 1.29 is 0 Å². The van der Waals surface area contributed by atoms with Gasteiger partial charge in [0.1, 0.15) is 0 Å². The summed E-state index contributed by atoms with van der Waals surface area (Å²) >= 11 is 0. The zero-order chi connectivity index (χ0) is 9.72. The first-order valence-electron chi connectivity index (χ1n) is 4.10. The molecular weight excluding hydrogens is 152 g/mol. The fourth-order valence-electron chi connectivity index (χ4n) is 1.02. The van der Waals surface area contributed by atoms with Gasteiger partial charge in [0.2, 0.25) is 0 Å². The first-order chi connectivity index (χ1) is 5.54. The van der Waals surface area contributed by atoms with Gasteiger partial charge in [-0.25, -0.2) is 0 Å². The monoisotopic (exact) mass is 170 g/mol. The van der Waals surface area contributed by atoms with E-state index in [2.05, 4.69) is 10.2 Å². The first kappa shape index (κ1) is 10.9. The summed E-state index contributed by atoms with van der Waals surface area (Å²) in [5, 5.41) is 7.37. The Morgan fingerprint density at radius 3 is 1.17 bits per heavy atom. The minimum absolute atomic E-state index is 0.264. The summed E-state index contributed by atoms with van der Waals surface area (Å²) in [6.45, 7) is 8.05. The van der Waals surface area contributed by atoms with Crippen LogP contribution in [0.2, 0.25) is 0 Å². The van der Waals surface area contributed by atoms with Gasteiger partial charge >= 0.3 is 0 Å². The van der Waals surface area contributed by atoms with Gasteiger partial charge in [-0.2, -0.15) is 10.2 Å². The molecule has 0 saturated carbocycles. The molecule has 0 unspecified atom stereocenters. The summed E-state index contributed by atoms with van der Waals surface area (Å²) in [5.74, 6) is 11.0. The zero-order valence-electron chi connectivity index (χ0n) is 8.20. The number of nitrogens with two attached hydrogens (primary N) is 2. The largest absolute Gasteiger partial charge is 0.323 e. The van der Waals surface area contributed by atoms with Crippen LogP contribution >= 0.6 is 0 Å². The lowest BCUT2D eigenvalue weighted by Crippen LogP contribution is -2.27. The van der Waals surface area contributed by atoms with Crippen LogP contribution in [0.15, 0.2) is 10.2 Å². The number of hydrazone groups is 2. The predicted octanol–water partition coefficient (Wildman–Crippen LogP) is 0.928. The molecule has 0 saturated heterocycles. The van der Waals surface area contributed by atoms with E-state index in [-0.39, 0.29) is 11.8 Å². The molecule has 0 spiro atoms. The first-order valence-corrected chi connectivity index (χ1v) is 4.10. The average molecular weight is 170 g/mol. The van der Waals surface area contributed by atoms with Crippen LogP contribution in [-0.2, 0) is 0 Å². The third kappa shape index (κ3) is 2.53. The predicted molar refractivity (Wildman–Crippen MR) is 52.9 cm³/mol. The standard InChI is InChI=1S/C8H18N4/c1-5(2)7(11-9)8(12-10)6(3)4/h5-6H,9-10H2,1-4H3/b11-7-,12-8-. The SMILES string of the molecule is CC(C)C(=N/N)/C(=N\N)C(C)C. The van der Waals surface area contributed by atoms with Gasteiger partial charge in [-0.05, 0) is 11.8 Å². The van der Waals surface area contributed by atoms with E-state index in [1.54, 1.807) is 0 Å². The van der Waals surface area contributed by atoms with Crippen molar-refractivity contribution in [2.75, 3.05) is 0 Å². The van der Waals surface area contributed by atoms with E-state index in [1.807, 2.05) is 27.7 Å². The molecule has 0 radical (unpaired) electrons. The van der Waals surface area contributed by atoms with Crippen molar-refractivity contribution >= 4 is 11.4 Å². The molecule has 4 heteroatoms. The van der Waals surface area contributed by atoms with Crippen molar-refractivity contribution in [3.05, 3.63) is 0 Å². The Morgan fingerprint density at radius 1 is 0.833 bits per heavy atom. The van der Waals surface area contributed by atoms with E-state index in [0.717, 1.165) is 11.4 Å². The van der Waals surface area contributed by atoms with Crippen molar-refractivity contribution in [1.82, 2.24) is 0 Å². The molecule has 0 atom stereocenters. The maximum absolute atomic E-state index is 5.24. The molecule has 12 heavy (non-hydrogen) atoms. The van der Waals surface area contributed by atoms with Gasteiger partial charge in [0, 0.05) is 0 Å². The maximum Gasteiger partial charge on any atom is 0.0860 e. The molecule has 4 nitrogen and oxygen atoms in total. The lowest BCUT2D eigenvalue weighted by molar-refractivity contribution is 0.844. The van der Waals surface area contributed by atoms with Crippen molar-refractivity contribution in [1.29, 1.82) is 0 Å². The molecule has 0 heterocycles. The minimum atomic E-state index is 0.264. The van der Waals surface area contributed by atoms with Crippen LogP contribution in [0.1, 0.15) is 27.7 Å². The number of rotatable bonds is 3. The Bertz CT molecular complexity index is 169. The van der Waals surface area contributed by atoms with Gasteiger partial charge in [-0.3, -0.25) is 0 Å². The van der Waals surface area contributed by atoms with Crippen LogP contribution in [0.25, 0.3) is 0 Å². The summed E-state index contributed by atoms with van der Waals surface area (Å²) in [6.07, 6.45) is 0. The minimum Gasteiger partial charge on any atom is -0.323 e. The Labute approximate surface area is 73.7 Å². The van der Waals surface area contributed by atoms with E-state index < -0.39 is 0 Å². The molecule has 0 fully saturated rings. The average Bonchev–Trinajstić information content (AvgIpc) is 1.98. The third-order valence-electron chi connectivity index (χ3n) is 1.63. The molecule has 0 aliphatic rings. The van der Waals surface area contributed by atoms with Crippen molar-refractivity contribution in [3.63, 3.8) is 0 Å². The molecule has 0 aromatic heterocycles. The lowest BCUT2D eigenvalue weighted by Gasteiger charge is -2.13. The third-order valence-corrected chi connectivity index (χ3v) is 1.63. The van der Waals surface area contributed by atoms with Gasteiger partial charge in [0.05, 0.1) is 11.4 Å². The topological polar surface area (TPSA) is 76.8 Å². The zero-order valence-corrected chi connectivity index (χ0v) is 8.20. The smallest absolute Gasteiger partial charge is 0.0860 e. The molecule has 0 aromatic rings. The highest BCUT2D eigenvalue weighted by molar-refractivity contribution is 6.43. The molecule has 0 aliphatic carbocycles. The summed E-state index contributed by atoms with van der Waals surface area (Å²) in [4.78, 5) is 0. The summed E-state index contributed by atoms with van der Waals surface area (Å²) in [7, 11) is 0. The Hall–Kier alpha value is -1.06. The van der Waals surface area contributed by atoms with Crippen LogP contribution in [0.5, 0.6) is 0 Å². The quantitative estimate of drug-likeness (QED) is 0.375. The van der Waals surface area contributed by atoms with E-state index in [4.69, 9.17) is 11.7 Å². The van der Waals surface area contributed by atoms with Crippen LogP contribution in [0.4, 0.5) is 0 Å². The van der Waals surface area contributed by atoms with Gasteiger partial charge in [-0.1, -0.05) is 27.7 Å². The molecule has 70 valence electrons. The van der Waals surface area contributed by atoms with E-state index in [1.165, 1.54) is 0 Å². The molecule has 0 aromatic carbocycles. The van der Waals surface area contributed by atoms with Gasteiger partial charge < -0.3 is 11.7 Å². The molecule has 0 amide bonds. The van der Waals surface area contributed by atoms with Gasteiger partial charge in [0.25, 0.3) is 0 Å².